The largest absolute Gasteiger partial charge is 0.317 e. The maximum atomic E-state index is 13.3. The fourth-order valence-corrected chi connectivity index (χ4v) is 1.82. The van der Waals surface area contributed by atoms with Gasteiger partial charge in [0.1, 0.15) is 5.82 Å². The molecule has 2 heteroatoms. The van der Waals surface area contributed by atoms with Crippen LogP contribution in [0.2, 0.25) is 0 Å². The molecule has 0 saturated carbocycles. The first-order chi connectivity index (χ1) is 7.15. The minimum absolute atomic E-state index is 0.0869. The average molecular weight is 209 g/mol. The third kappa shape index (κ3) is 3.63. The molecule has 0 aromatic heterocycles. The molecule has 1 atom stereocenters. The zero-order valence-electron chi connectivity index (χ0n) is 9.76. The van der Waals surface area contributed by atoms with Crippen molar-refractivity contribution in [3.63, 3.8) is 0 Å². The van der Waals surface area contributed by atoms with E-state index in [1.54, 1.807) is 6.07 Å². The van der Waals surface area contributed by atoms with Gasteiger partial charge in [0.25, 0.3) is 0 Å². The summed E-state index contributed by atoms with van der Waals surface area (Å²) in [5.41, 5.74) is 0.818. The summed E-state index contributed by atoms with van der Waals surface area (Å²) in [6, 6.07) is 7.48. The highest BCUT2D eigenvalue weighted by molar-refractivity contribution is 5.17. The third-order valence-corrected chi connectivity index (χ3v) is 2.86. The number of hydrogen-bond donors (Lipinski definition) is 1. The second-order valence-corrected chi connectivity index (χ2v) is 4.27. The lowest BCUT2D eigenvalue weighted by Crippen LogP contribution is -2.31. The van der Waals surface area contributed by atoms with Crippen LogP contribution in [0.5, 0.6) is 0 Å². The highest BCUT2D eigenvalue weighted by atomic mass is 19.1. The van der Waals surface area contributed by atoms with E-state index in [1.807, 2.05) is 19.2 Å². The number of rotatable bonds is 5. The number of halogens is 1. The van der Waals surface area contributed by atoms with Crippen molar-refractivity contribution in [2.75, 3.05) is 7.05 Å². The molecule has 1 rings (SSSR count). The van der Waals surface area contributed by atoms with Crippen LogP contribution in [0.15, 0.2) is 24.3 Å². The lowest BCUT2D eigenvalue weighted by atomic mass is 9.97. The minimum atomic E-state index is -0.0869. The third-order valence-electron chi connectivity index (χ3n) is 2.86. The van der Waals surface area contributed by atoms with Gasteiger partial charge in [-0.3, -0.25) is 0 Å². The SMILES string of the molecule is CNC(CCc1ccccc1F)C(C)C. The summed E-state index contributed by atoms with van der Waals surface area (Å²) < 4.78 is 13.3. The van der Waals surface area contributed by atoms with Crippen LogP contribution in [-0.4, -0.2) is 13.1 Å². The van der Waals surface area contributed by atoms with E-state index >= 15 is 0 Å². The normalized spacial score (nSPS) is 13.1. The number of hydrogen-bond acceptors (Lipinski definition) is 1. The van der Waals surface area contributed by atoms with Gasteiger partial charge < -0.3 is 5.32 Å². The van der Waals surface area contributed by atoms with E-state index in [1.165, 1.54) is 6.07 Å². The summed E-state index contributed by atoms with van der Waals surface area (Å²) in [7, 11) is 1.96. The van der Waals surface area contributed by atoms with Crippen molar-refractivity contribution >= 4 is 0 Å². The van der Waals surface area contributed by atoms with Crippen LogP contribution in [0.25, 0.3) is 0 Å². The molecule has 84 valence electrons. The second kappa shape index (κ2) is 5.86. The zero-order chi connectivity index (χ0) is 11.3. The van der Waals surface area contributed by atoms with E-state index in [2.05, 4.69) is 19.2 Å². The maximum Gasteiger partial charge on any atom is 0.126 e. The molecule has 0 saturated heterocycles. The fourth-order valence-electron chi connectivity index (χ4n) is 1.82. The van der Waals surface area contributed by atoms with E-state index in [9.17, 15) is 4.39 Å². The molecular formula is C13H20FN. The van der Waals surface area contributed by atoms with Crippen molar-refractivity contribution in [1.82, 2.24) is 5.32 Å². The minimum Gasteiger partial charge on any atom is -0.317 e. The molecule has 0 aliphatic carbocycles. The van der Waals surface area contributed by atoms with Gasteiger partial charge in [-0.25, -0.2) is 4.39 Å². The van der Waals surface area contributed by atoms with Crippen molar-refractivity contribution < 1.29 is 4.39 Å². The Morgan fingerprint density at radius 1 is 1.27 bits per heavy atom. The number of benzene rings is 1. The molecule has 0 bridgehead atoms. The topological polar surface area (TPSA) is 12.0 Å². The van der Waals surface area contributed by atoms with Gasteiger partial charge in [0, 0.05) is 6.04 Å². The van der Waals surface area contributed by atoms with Crippen LogP contribution in [0.3, 0.4) is 0 Å². The molecular weight excluding hydrogens is 189 g/mol. The molecule has 1 aromatic rings. The Labute approximate surface area is 91.7 Å². The molecule has 15 heavy (non-hydrogen) atoms. The molecule has 1 aromatic carbocycles. The lowest BCUT2D eigenvalue weighted by molar-refractivity contribution is 0.400. The predicted octanol–water partition coefficient (Wildman–Crippen LogP) is 3.00. The van der Waals surface area contributed by atoms with Crippen molar-refractivity contribution in [3.05, 3.63) is 35.6 Å². The van der Waals surface area contributed by atoms with Gasteiger partial charge in [-0.15, -0.1) is 0 Å². The zero-order valence-corrected chi connectivity index (χ0v) is 9.76. The van der Waals surface area contributed by atoms with Crippen LogP contribution in [0, 0.1) is 11.7 Å². The Kier molecular flexibility index (Phi) is 4.76. The predicted molar refractivity (Wildman–Crippen MR) is 62.4 cm³/mol. The highest BCUT2D eigenvalue weighted by Gasteiger charge is 2.11. The van der Waals surface area contributed by atoms with E-state index in [4.69, 9.17) is 0 Å². The summed E-state index contributed by atoms with van der Waals surface area (Å²) in [6.07, 6.45) is 1.78. The summed E-state index contributed by atoms with van der Waals surface area (Å²) >= 11 is 0. The first kappa shape index (κ1) is 12.2. The molecule has 1 nitrogen and oxygen atoms in total. The van der Waals surface area contributed by atoms with E-state index in [0.717, 1.165) is 18.4 Å². The molecule has 0 amide bonds. The first-order valence-corrected chi connectivity index (χ1v) is 5.55. The quantitative estimate of drug-likeness (QED) is 0.786. The van der Waals surface area contributed by atoms with Gasteiger partial charge in [-0.2, -0.15) is 0 Å². The van der Waals surface area contributed by atoms with Crippen LogP contribution < -0.4 is 5.32 Å². The molecule has 0 heterocycles. The van der Waals surface area contributed by atoms with Gasteiger partial charge in [0.2, 0.25) is 0 Å². The Bertz CT molecular complexity index is 296. The summed E-state index contributed by atoms with van der Waals surface area (Å²) in [5, 5.41) is 3.27. The summed E-state index contributed by atoms with van der Waals surface area (Å²) in [4.78, 5) is 0. The van der Waals surface area contributed by atoms with Crippen LogP contribution >= 0.6 is 0 Å². The van der Waals surface area contributed by atoms with Crippen molar-refractivity contribution in [2.24, 2.45) is 5.92 Å². The Hall–Kier alpha value is -0.890. The molecule has 0 spiro atoms. The van der Waals surface area contributed by atoms with Crippen LogP contribution in [0.4, 0.5) is 4.39 Å². The second-order valence-electron chi connectivity index (χ2n) is 4.27. The molecule has 1 N–H and O–H groups in total. The molecule has 0 aliphatic heterocycles. The van der Waals surface area contributed by atoms with Gasteiger partial charge >= 0.3 is 0 Å². The van der Waals surface area contributed by atoms with Gasteiger partial charge in [0.05, 0.1) is 0 Å². The standard InChI is InChI=1S/C13H20FN/c1-10(2)13(15-3)9-8-11-6-4-5-7-12(11)14/h4-7,10,13,15H,8-9H2,1-3H3. The molecule has 0 aliphatic rings. The van der Waals surface area contributed by atoms with Crippen LogP contribution in [-0.2, 0) is 6.42 Å². The monoisotopic (exact) mass is 209 g/mol. The summed E-state index contributed by atoms with van der Waals surface area (Å²) in [5.74, 6) is 0.498. The summed E-state index contributed by atoms with van der Waals surface area (Å²) in [6.45, 7) is 4.37. The smallest absolute Gasteiger partial charge is 0.126 e. The molecule has 0 radical (unpaired) electrons. The lowest BCUT2D eigenvalue weighted by Gasteiger charge is -2.20. The van der Waals surface area contributed by atoms with Gasteiger partial charge in [0.15, 0.2) is 0 Å². The molecule has 0 fully saturated rings. The van der Waals surface area contributed by atoms with Crippen molar-refractivity contribution in [3.8, 4) is 0 Å². The van der Waals surface area contributed by atoms with E-state index < -0.39 is 0 Å². The number of aryl methyl sites for hydroxylation is 1. The Morgan fingerprint density at radius 3 is 2.47 bits per heavy atom. The maximum absolute atomic E-state index is 13.3. The first-order valence-electron chi connectivity index (χ1n) is 5.55. The highest BCUT2D eigenvalue weighted by Crippen LogP contribution is 2.13. The molecule has 1 unspecified atom stereocenters. The Balaban J connectivity index is 2.53. The Morgan fingerprint density at radius 2 is 1.93 bits per heavy atom. The number of nitrogens with one attached hydrogen (secondary N) is 1. The van der Waals surface area contributed by atoms with Crippen LogP contribution in [0.1, 0.15) is 25.8 Å². The van der Waals surface area contributed by atoms with Crippen molar-refractivity contribution in [2.45, 2.75) is 32.7 Å². The van der Waals surface area contributed by atoms with Gasteiger partial charge in [-0.1, -0.05) is 32.0 Å². The fraction of sp³-hybridized carbons (Fsp3) is 0.538. The van der Waals surface area contributed by atoms with Gasteiger partial charge in [-0.05, 0) is 37.4 Å². The average Bonchev–Trinajstić information content (AvgIpc) is 2.21. The van der Waals surface area contributed by atoms with Crippen molar-refractivity contribution in [1.29, 1.82) is 0 Å². The van der Waals surface area contributed by atoms with E-state index in [0.29, 0.717) is 12.0 Å². The van der Waals surface area contributed by atoms with E-state index in [-0.39, 0.29) is 5.82 Å².